The van der Waals surface area contributed by atoms with Crippen molar-refractivity contribution in [2.24, 2.45) is 5.73 Å². The molecule has 6 nitrogen and oxygen atoms in total. The zero-order chi connectivity index (χ0) is 14.8. The number of hydrogen-bond acceptors (Lipinski definition) is 5. The number of nitrogens with two attached hydrogens (primary N) is 1. The highest BCUT2D eigenvalue weighted by atomic mass is 32.2. The maximum Gasteiger partial charge on any atom is 0.246 e. The zero-order valence-corrected chi connectivity index (χ0v) is 12.2. The highest BCUT2D eigenvalue weighted by molar-refractivity contribution is 7.89. The SMILES string of the molecule is Cc1oc(CN)cc1S(=O)(=O)N(C)Cc1cccnc1. The van der Waals surface area contributed by atoms with Gasteiger partial charge in [0.05, 0.1) is 6.54 Å². The first-order chi connectivity index (χ1) is 9.45. The van der Waals surface area contributed by atoms with E-state index in [0.717, 1.165) is 5.56 Å². The van der Waals surface area contributed by atoms with E-state index in [2.05, 4.69) is 4.98 Å². The topological polar surface area (TPSA) is 89.4 Å². The minimum absolute atomic E-state index is 0.157. The quantitative estimate of drug-likeness (QED) is 0.897. The molecule has 0 aliphatic rings. The Labute approximate surface area is 118 Å². The summed E-state index contributed by atoms with van der Waals surface area (Å²) in [6, 6.07) is 5.07. The van der Waals surface area contributed by atoms with Gasteiger partial charge in [0.1, 0.15) is 16.4 Å². The first-order valence-corrected chi connectivity index (χ1v) is 7.53. The Kier molecular flexibility index (Phi) is 4.22. The average Bonchev–Trinajstić information content (AvgIpc) is 2.82. The molecule has 0 unspecified atom stereocenters. The molecular formula is C13H17N3O3S. The van der Waals surface area contributed by atoms with E-state index in [9.17, 15) is 8.42 Å². The summed E-state index contributed by atoms with van der Waals surface area (Å²) in [7, 11) is -2.08. The van der Waals surface area contributed by atoms with Crippen LogP contribution in [0.3, 0.4) is 0 Å². The second kappa shape index (κ2) is 5.74. The predicted molar refractivity (Wildman–Crippen MR) is 74.2 cm³/mol. The third kappa shape index (κ3) is 2.90. The smallest absolute Gasteiger partial charge is 0.246 e. The molecule has 0 fully saturated rings. The Balaban J connectivity index is 2.27. The fourth-order valence-electron chi connectivity index (χ4n) is 1.88. The van der Waals surface area contributed by atoms with Gasteiger partial charge in [0.25, 0.3) is 0 Å². The van der Waals surface area contributed by atoms with Crippen molar-refractivity contribution in [3.05, 3.63) is 47.7 Å². The molecule has 2 aromatic rings. The lowest BCUT2D eigenvalue weighted by Gasteiger charge is -2.16. The molecule has 0 amide bonds. The van der Waals surface area contributed by atoms with Crippen molar-refractivity contribution in [2.75, 3.05) is 7.05 Å². The van der Waals surface area contributed by atoms with Crippen molar-refractivity contribution in [3.63, 3.8) is 0 Å². The molecule has 0 radical (unpaired) electrons. The van der Waals surface area contributed by atoms with E-state index in [1.54, 1.807) is 25.4 Å². The lowest BCUT2D eigenvalue weighted by Crippen LogP contribution is -2.26. The summed E-state index contributed by atoms with van der Waals surface area (Å²) in [5.41, 5.74) is 6.28. The molecule has 2 aromatic heterocycles. The van der Waals surface area contributed by atoms with Crippen molar-refractivity contribution in [1.29, 1.82) is 0 Å². The van der Waals surface area contributed by atoms with Crippen LogP contribution in [-0.4, -0.2) is 24.8 Å². The molecule has 0 saturated carbocycles. The van der Waals surface area contributed by atoms with Gasteiger partial charge in [0, 0.05) is 32.1 Å². The molecule has 2 heterocycles. The van der Waals surface area contributed by atoms with Crippen molar-refractivity contribution in [2.45, 2.75) is 24.9 Å². The van der Waals surface area contributed by atoms with E-state index in [0.29, 0.717) is 11.5 Å². The molecule has 0 aliphatic carbocycles. The molecule has 0 spiro atoms. The van der Waals surface area contributed by atoms with Crippen LogP contribution in [0, 0.1) is 6.92 Å². The summed E-state index contributed by atoms with van der Waals surface area (Å²) < 4.78 is 31.6. The van der Waals surface area contributed by atoms with Crippen molar-refractivity contribution >= 4 is 10.0 Å². The van der Waals surface area contributed by atoms with Gasteiger partial charge < -0.3 is 10.2 Å². The first kappa shape index (κ1) is 14.7. The minimum Gasteiger partial charge on any atom is -0.464 e. The normalized spacial score (nSPS) is 12.0. The van der Waals surface area contributed by atoms with Gasteiger partial charge in [0.2, 0.25) is 10.0 Å². The standard InChI is InChI=1S/C13H17N3O3S/c1-10-13(6-12(7-14)19-10)20(17,18)16(2)9-11-4-3-5-15-8-11/h3-6,8H,7,9,14H2,1-2H3. The number of nitrogens with zero attached hydrogens (tertiary/aromatic N) is 2. The van der Waals surface area contributed by atoms with Crippen LogP contribution in [0.15, 0.2) is 39.9 Å². The van der Waals surface area contributed by atoms with Crippen LogP contribution in [-0.2, 0) is 23.1 Å². The fraction of sp³-hybridized carbons (Fsp3) is 0.308. The molecule has 7 heteroatoms. The van der Waals surface area contributed by atoms with E-state index in [4.69, 9.17) is 10.2 Å². The molecule has 0 aromatic carbocycles. The minimum atomic E-state index is -3.60. The lowest BCUT2D eigenvalue weighted by atomic mass is 10.3. The largest absolute Gasteiger partial charge is 0.464 e. The molecule has 0 aliphatic heterocycles. The van der Waals surface area contributed by atoms with Crippen LogP contribution in [0.1, 0.15) is 17.1 Å². The van der Waals surface area contributed by atoms with Crippen LogP contribution in [0.2, 0.25) is 0 Å². The van der Waals surface area contributed by atoms with Crippen LogP contribution in [0.5, 0.6) is 0 Å². The maximum atomic E-state index is 12.5. The van der Waals surface area contributed by atoms with Crippen LogP contribution >= 0.6 is 0 Å². The third-order valence-corrected chi connectivity index (χ3v) is 4.85. The molecule has 2 rings (SSSR count). The van der Waals surface area contributed by atoms with Gasteiger partial charge in [-0.15, -0.1) is 0 Å². The van der Waals surface area contributed by atoms with Crippen LogP contribution < -0.4 is 5.73 Å². The molecule has 0 atom stereocenters. The number of hydrogen-bond donors (Lipinski definition) is 1. The summed E-state index contributed by atoms with van der Waals surface area (Å²) in [6.07, 6.45) is 3.28. The van der Waals surface area contributed by atoms with E-state index >= 15 is 0 Å². The fourth-order valence-corrected chi connectivity index (χ4v) is 3.22. The Bertz CT molecular complexity index is 680. The lowest BCUT2D eigenvalue weighted by molar-refractivity contribution is 0.456. The highest BCUT2D eigenvalue weighted by Crippen LogP contribution is 2.23. The van der Waals surface area contributed by atoms with Crippen molar-refractivity contribution in [1.82, 2.24) is 9.29 Å². The van der Waals surface area contributed by atoms with E-state index in [-0.39, 0.29) is 18.0 Å². The van der Waals surface area contributed by atoms with E-state index in [1.165, 1.54) is 17.4 Å². The number of furan rings is 1. The highest BCUT2D eigenvalue weighted by Gasteiger charge is 2.26. The second-order valence-corrected chi connectivity index (χ2v) is 6.47. The maximum absolute atomic E-state index is 12.5. The van der Waals surface area contributed by atoms with Crippen LogP contribution in [0.4, 0.5) is 0 Å². The molecule has 0 bridgehead atoms. The van der Waals surface area contributed by atoms with Gasteiger partial charge in [0.15, 0.2) is 0 Å². The molecule has 108 valence electrons. The monoisotopic (exact) mass is 295 g/mol. The molecule has 0 saturated heterocycles. The van der Waals surface area contributed by atoms with Gasteiger partial charge in [-0.1, -0.05) is 6.07 Å². The first-order valence-electron chi connectivity index (χ1n) is 6.09. The van der Waals surface area contributed by atoms with Gasteiger partial charge in [-0.25, -0.2) is 8.42 Å². The summed E-state index contributed by atoms with van der Waals surface area (Å²) in [5.74, 6) is 0.805. The molecule has 2 N–H and O–H groups in total. The van der Waals surface area contributed by atoms with Gasteiger partial charge >= 0.3 is 0 Å². The van der Waals surface area contributed by atoms with E-state index < -0.39 is 10.0 Å². The van der Waals surface area contributed by atoms with Crippen molar-refractivity contribution < 1.29 is 12.8 Å². The molecular weight excluding hydrogens is 278 g/mol. The van der Waals surface area contributed by atoms with Gasteiger partial charge in [-0.05, 0) is 18.6 Å². The number of rotatable bonds is 5. The number of aromatic nitrogens is 1. The Morgan fingerprint density at radius 2 is 2.20 bits per heavy atom. The Morgan fingerprint density at radius 1 is 1.45 bits per heavy atom. The van der Waals surface area contributed by atoms with Crippen molar-refractivity contribution in [3.8, 4) is 0 Å². The van der Waals surface area contributed by atoms with Gasteiger partial charge in [-0.3, -0.25) is 4.98 Å². The predicted octanol–water partition coefficient (Wildman–Crippen LogP) is 1.26. The number of sulfonamides is 1. The van der Waals surface area contributed by atoms with Crippen LogP contribution in [0.25, 0.3) is 0 Å². The average molecular weight is 295 g/mol. The zero-order valence-electron chi connectivity index (χ0n) is 11.4. The summed E-state index contributed by atoms with van der Waals surface area (Å²) >= 11 is 0. The number of pyridine rings is 1. The van der Waals surface area contributed by atoms with Gasteiger partial charge in [-0.2, -0.15) is 4.31 Å². The Morgan fingerprint density at radius 3 is 2.75 bits per heavy atom. The van der Waals surface area contributed by atoms with E-state index in [1.807, 2.05) is 6.07 Å². The molecule has 20 heavy (non-hydrogen) atoms. The Hall–Kier alpha value is -1.70. The number of aryl methyl sites for hydroxylation is 1. The summed E-state index contributed by atoms with van der Waals surface area (Å²) in [5, 5.41) is 0. The second-order valence-electron chi connectivity index (χ2n) is 4.46. The third-order valence-electron chi connectivity index (χ3n) is 2.94. The summed E-state index contributed by atoms with van der Waals surface area (Å²) in [4.78, 5) is 4.13. The summed E-state index contributed by atoms with van der Waals surface area (Å²) in [6.45, 7) is 2.03.